The zero-order chi connectivity index (χ0) is 14.8. The first-order valence-electron chi connectivity index (χ1n) is 7.38. The van der Waals surface area contributed by atoms with Gasteiger partial charge >= 0.3 is 26.2 Å². The van der Waals surface area contributed by atoms with Gasteiger partial charge in [-0.15, -0.1) is 0 Å². The van der Waals surface area contributed by atoms with Crippen LogP contribution in [0.4, 0.5) is 0 Å². The van der Waals surface area contributed by atoms with Gasteiger partial charge in [0.15, 0.2) is 0 Å². The van der Waals surface area contributed by atoms with Gasteiger partial charge in [0.25, 0.3) is 0 Å². The molecule has 0 amide bonds. The molecule has 0 saturated carbocycles. The molecule has 2 aliphatic carbocycles. The number of hydrogen-bond donors (Lipinski definition) is 0. The summed E-state index contributed by atoms with van der Waals surface area (Å²) >= 11 is 0. The Kier molecular flexibility index (Phi) is 7.30. The SMILES string of the molecule is CC1=PC2=CC=CC2=C1C(C)(C)C1=C2C=CC=C2P=C1C.[Cl-].[Cl-].[Zr+2]. The molecule has 2 heterocycles. The van der Waals surface area contributed by atoms with Gasteiger partial charge in [-0.1, -0.05) is 54.6 Å². The third-order valence-corrected chi connectivity index (χ3v) is 7.05. The first-order valence-corrected chi connectivity index (χ1v) is 9.17. The molecule has 122 valence electrons. The van der Waals surface area contributed by atoms with Gasteiger partial charge in [-0.2, -0.15) is 0 Å². The fraction of sp³-hybridized carbons (Fsp3) is 0.263. The monoisotopic (exact) mass is 468 g/mol. The van der Waals surface area contributed by atoms with Crippen LogP contribution in [0, 0.1) is 5.41 Å². The Labute approximate surface area is 179 Å². The van der Waals surface area contributed by atoms with Crippen LogP contribution in [0.15, 0.2) is 69.4 Å². The van der Waals surface area contributed by atoms with Crippen LogP contribution >= 0.6 is 16.4 Å². The molecule has 0 aromatic carbocycles. The largest absolute Gasteiger partial charge is 2.00 e. The van der Waals surface area contributed by atoms with E-state index in [1.165, 1.54) is 48.8 Å². The molecule has 0 N–H and O–H groups in total. The first-order chi connectivity index (χ1) is 10.00. The maximum atomic E-state index is 2.40. The van der Waals surface area contributed by atoms with E-state index in [0.717, 1.165) is 0 Å². The second-order valence-corrected chi connectivity index (χ2v) is 9.17. The zero-order valence-electron chi connectivity index (χ0n) is 14.1. The normalized spacial score (nSPS) is 21.2. The molecular weight excluding hydrogens is 452 g/mol. The van der Waals surface area contributed by atoms with Gasteiger partial charge in [0.1, 0.15) is 0 Å². The van der Waals surface area contributed by atoms with Crippen molar-refractivity contribution in [1.82, 2.24) is 0 Å². The van der Waals surface area contributed by atoms with E-state index in [4.69, 9.17) is 0 Å². The Hall–Kier alpha value is 0.243. The molecule has 0 radical (unpaired) electrons. The van der Waals surface area contributed by atoms with Gasteiger partial charge in [-0.3, -0.25) is 0 Å². The van der Waals surface area contributed by atoms with Gasteiger partial charge in [-0.25, -0.2) is 0 Å². The van der Waals surface area contributed by atoms with E-state index in [-0.39, 0.29) is 56.4 Å². The molecule has 5 heteroatoms. The van der Waals surface area contributed by atoms with Gasteiger partial charge in [0.2, 0.25) is 0 Å². The minimum Gasteiger partial charge on any atom is -1.00 e. The average molecular weight is 470 g/mol. The summed E-state index contributed by atoms with van der Waals surface area (Å²) in [6.45, 7) is 9.40. The molecule has 4 rings (SSSR count). The molecule has 0 bridgehead atoms. The van der Waals surface area contributed by atoms with Crippen LogP contribution in [0.5, 0.6) is 0 Å². The molecule has 0 atom stereocenters. The number of rotatable bonds is 2. The van der Waals surface area contributed by atoms with E-state index < -0.39 is 0 Å². The van der Waals surface area contributed by atoms with Crippen molar-refractivity contribution in [1.29, 1.82) is 0 Å². The van der Waals surface area contributed by atoms with E-state index in [1.807, 2.05) is 0 Å². The molecule has 4 aliphatic rings. The summed E-state index contributed by atoms with van der Waals surface area (Å²) in [5.41, 5.74) is 6.10. The number of halogens is 2. The summed E-state index contributed by atoms with van der Waals surface area (Å²) in [5.74, 6) is 0. The quantitative estimate of drug-likeness (QED) is 0.492. The summed E-state index contributed by atoms with van der Waals surface area (Å²) in [4.78, 5) is 0. The molecule has 2 aliphatic heterocycles. The van der Waals surface area contributed by atoms with Crippen molar-refractivity contribution < 1.29 is 51.0 Å². The van der Waals surface area contributed by atoms with Crippen molar-refractivity contribution in [3.05, 3.63) is 69.4 Å². The second-order valence-electron chi connectivity index (χ2n) is 6.42. The van der Waals surface area contributed by atoms with Crippen LogP contribution in [-0.4, -0.2) is 10.6 Å². The number of allylic oxidation sites excluding steroid dienone is 12. The van der Waals surface area contributed by atoms with E-state index in [1.54, 1.807) is 11.1 Å². The third-order valence-electron chi connectivity index (χ3n) is 4.67. The second kappa shape index (κ2) is 7.86. The summed E-state index contributed by atoms with van der Waals surface area (Å²) in [7, 11) is 2.79. The maximum absolute atomic E-state index is 2.40. The Morgan fingerprint density at radius 1 is 0.750 bits per heavy atom. The smallest absolute Gasteiger partial charge is 1.00 e. The molecule has 24 heavy (non-hydrogen) atoms. The third kappa shape index (κ3) is 3.17. The first kappa shape index (κ1) is 22.3. The Bertz CT molecular complexity index is 763. The summed E-state index contributed by atoms with van der Waals surface area (Å²) in [5, 5.41) is 5.99. The van der Waals surface area contributed by atoms with Gasteiger partial charge < -0.3 is 24.8 Å². The van der Waals surface area contributed by atoms with E-state index in [0.29, 0.717) is 0 Å². The summed E-state index contributed by atoms with van der Waals surface area (Å²) in [6.07, 6.45) is 13.5. The summed E-state index contributed by atoms with van der Waals surface area (Å²) < 4.78 is 0. The van der Waals surface area contributed by atoms with Gasteiger partial charge in [0.05, 0.1) is 0 Å². The maximum Gasteiger partial charge on any atom is 2.00 e. The molecule has 0 saturated heterocycles. The Morgan fingerprint density at radius 2 is 1.12 bits per heavy atom. The molecule has 0 nitrogen and oxygen atoms in total. The minimum atomic E-state index is 0. The van der Waals surface area contributed by atoms with E-state index in [2.05, 4.69) is 64.2 Å². The predicted molar refractivity (Wildman–Crippen MR) is 97.5 cm³/mol. The predicted octanol–water partition coefficient (Wildman–Crippen LogP) is -0.177. The fourth-order valence-electron chi connectivity index (χ4n) is 4.00. The van der Waals surface area contributed by atoms with Crippen molar-refractivity contribution in [2.24, 2.45) is 5.41 Å². The van der Waals surface area contributed by atoms with Crippen LogP contribution in [0.1, 0.15) is 27.7 Å². The van der Waals surface area contributed by atoms with Gasteiger partial charge in [0, 0.05) is 16.0 Å². The van der Waals surface area contributed by atoms with Crippen LogP contribution < -0.4 is 24.8 Å². The molecule has 0 fully saturated rings. The molecule has 0 aromatic heterocycles. The van der Waals surface area contributed by atoms with E-state index in [9.17, 15) is 0 Å². The molecule has 0 aromatic rings. The van der Waals surface area contributed by atoms with E-state index >= 15 is 0 Å². The standard InChI is InChI=1S/C19H18P2.2ClH.Zr/c1-11-17(13-7-5-9-15(13)20-11)19(3,4)18-12(2)21-16-10-6-8-14(16)18;;;/h5-10H,1-4H3;2*1H;/q;;;+2/p-2. The average Bonchev–Trinajstić information content (AvgIpc) is 3.07. The Morgan fingerprint density at radius 3 is 1.50 bits per heavy atom. The van der Waals surface area contributed by atoms with Crippen molar-refractivity contribution in [3.8, 4) is 0 Å². The number of hydrogen-bond acceptors (Lipinski definition) is 0. The Balaban J connectivity index is 0.000000960. The topological polar surface area (TPSA) is 0 Å². The number of fused-ring (bicyclic) bond motifs is 2. The van der Waals surface area contributed by atoms with Crippen molar-refractivity contribution >= 4 is 27.0 Å². The van der Waals surface area contributed by atoms with Crippen LogP contribution in [0.25, 0.3) is 0 Å². The van der Waals surface area contributed by atoms with Crippen molar-refractivity contribution in [3.63, 3.8) is 0 Å². The molecular formula is C19H18Cl2P2Zr. The summed E-state index contributed by atoms with van der Waals surface area (Å²) in [6, 6.07) is 0. The molecule has 0 unspecified atom stereocenters. The van der Waals surface area contributed by atoms with Crippen LogP contribution in [0.2, 0.25) is 0 Å². The minimum absolute atomic E-state index is 0. The van der Waals surface area contributed by atoms with Crippen LogP contribution in [-0.2, 0) is 26.2 Å². The van der Waals surface area contributed by atoms with Gasteiger partial charge in [-0.05, 0) is 58.9 Å². The van der Waals surface area contributed by atoms with Crippen LogP contribution in [0.3, 0.4) is 0 Å². The van der Waals surface area contributed by atoms with Crippen molar-refractivity contribution in [2.45, 2.75) is 27.7 Å². The van der Waals surface area contributed by atoms with Crippen molar-refractivity contribution in [2.75, 3.05) is 0 Å². The fourth-order valence-corrected chi connectivity index (χ4v) is 6.69. The molecule has 0 spiro atoms. The zero-order valence-corrected chi connectivity index (χ0v) is 19.9.